The number of nitrogens with one attached hydrogen (secondary N) is 1. The summed E-state index contributed by atoms with van der Waals surface area (Å²) >= 11 is 9.33. The fourth-order valence-electron chi connectivity index (χ4n) is 1.80. The SMILES string of the molecule is CC(Nc1ccc(Br)c(Cl)c1)c1ccc(F)cc1O. The summed E-state index contributed by atoms with van der Waals surface area (Å²) in [7, 11) is 0. The number of benzene rings is 2. The molecule has 0 aromatic heterocycles. The van der Waals surface area contributed by atoms with E-state index in [4.69, 9.17) is 11.6 Å². The van der Waals surface area contributed by atoms with Crippen LogP contribution in [-0.2, 0) is 0 Å². The van der Waals surface area contributed by atoms with Crippen molar-refractivity contribution in [2.24, 2.45) is 0 Å². The molecule has 0 spiro atoms. The van der Waals surface area contributed by atoms with Crippen LogP contribution in [0.5, 0.6) is 5.75 Å². The zero-order valence-electron chi connectivity index (χ0n) is 10.1. The first-order chi connectivity index (χ1) is 8.97. The Labute approximate surface area is 124 Å². The first-order valence-electron chi connectivity index (χ1n) is 5.67. The molecule has 0 heterocycles. The molecule has 0 fully saturated rings. The first kappa shape index (κ1) is 14.2. The van der Waals surface area contributed by atoms with E-state index in [1.54, 1.807) is 12.1 Å². The maximum atomic E-state index is 12.9. The van der Waals surface area contributed by atoms with Crippen LogP contribution in [0, 0.1) is 5.82 Å². The van der Waals surface area contributed by atoms with Gasteiger partial charge in [-0.3, -0.25) is 0 Å². The molecule has 5 heteroatoms. The van der Waals surface area contributed by atoms with Crippen LogP contribution in [0.4, 0.5) is 10.1 Å². The molecule has 19 heavy (non-hydrogen) atoms. The zero-order valence-corrected chi connectivity index (χ0v) is 12.5. The quantitative estimate of drug-likeness (QED) is 0.810. The van der Waals surface area contributed by atoms with E-state index in [1.807, 2.05) is 19.1 Å². The van der Waals surface area contributed by atoms with Crippen molar-refractivity contribution in [3.05, 3.63) is 57.3 Å². The lowest BCUT2D eigenvalue weighted by molar-refractivity contribution is 0.459. The van der Waals surface area contributed by atoms with Crippen molar-refractivity contribution in [2.75, 3.05) is 5.32 Å². The van der Waals surface area contributed by atoms with Crippen molar-refractivity contribution in [1.29, 1.82) is 0 Å². The third kappa shape index (κ3) is 3.39. The van der Waals surface area contributed by atoms with Gasteiger partial charge in [-0.15, -0.1) is 0 Å². The minimum atomic E-state index is -0.458. The molecule has 2 N–H and O–H groups in total. The molecular weight excluding hydrogens is 333 g/mol. The van der Waals surface area contributed by atoms with Gasteiger partial charge in [0, 0.05) is 21.8 Å². The van der Waals surface area contributed by atoms with Gasteiger partial charge in [0.1, 0.15) is 11.6 Å². The highest BCUT2D eigenvalue weighted by atomic mass is 79.9. The van der Waals surface area contributed by atoms with Gasteiger partial charge in [-0.25, -0.2) is 4.39 Å². The average molecular weight is 345 g/mol. The molecule has 2 aromatic rings. The van der Waals surface area contributed by atoms with E-state index in [9.17, 15) is 9.50 Å². The van der Waals surface area contributed by atoms with E-state index in [-0.39, 0.29) is 11.8 Å². The summed E-state index contributed by atoms with van der Waals surface area (Å²) in [5, 5.41) is 13.5. The molecule has 2 rings (SSSR count). The number of hydrogen-bond acceptors (Lipinski definition) is 2. The second kappa shape index (κ2) is 5.80. The Morgan fingerprint density at radius 2 is 2.00 bits per heavy atom. The lowest BCUT2D eigenvalue weighted by Crippen LogP contribution is -2.07. The molecule has 0 saturated carbocycles. The highest BCUT2D eigenvalue weighted by Gasteiger charge is 2.11. The second-order valence-electron chi connectivity index (χ2n) is 4.20. The first-order valence-corrected chi connectivity index (χ1v) is 6.84. The lowest BCUT2D eigenvalue weighted by Gasteiger charge is -2.17. The average Bonchev–Trinajstić information content (AvgIpc) is 2.33. The van der Waals surface area contributed by atoms with Crippen molar-refractivity contribution in [2.45, 2.75) is 13.0 Å². The largest absolute Gasteiger partial charge is 0.507 e. The van der Waals surface area contributed by atoms with Crippen molar-refractivity contribution >= 4 is 33.2 Å². The van der Waals surface area contributed by atoms with Gasteiger partial charge >= 0.3 is 0 Å². The van der Waals surface area contributed by atoms with Crippen LogP contribution < -0.4 is 5.32 Å². The smallest absolute Gasteiger partial charge is 0.126 e. The number of phenols is 1. The Hall–Kier alpha value is -1.26. The number of anilines is 1. The predicted octanol–water partition coefficient (Wildman–Crippen LogP) is 5.12. The van der Waals surface area contributed by atoms with Crippen LogP contribution in [0.25, 0.3) is 0 Å². The fraction of sp³-hybridized carbons (Fsp3) is 0.143. The molecule has 100 valence electrons. The van der Waals surface area contributed by atoms with Crippen LogP contribution in [0.3, 0.4) is 0 Å². The molecule has 1 atom stereocenters. The summed E-state index contributed by atoms with van der Waals surface area (Å²) < 4.78 is 13.7. The van der Waals surface area contributed by atoms with E-state index < -0.39 is 5.82 Å². The standard InChI is InChI=1S/C14H12BrClFNO/c1-8(11-4-2-9(17)6-14(11)19)18-10-3-5-12(15)13(16)7-10/h2-8,18-19H,1H3. The Bertz CT molecular complexity index is 606. The third-order valence-electron chi connectivity index (χ3n) is 2.76. The van der Waals surface area contributed by atoms with Crippen LogP contribution >= 0.6 is 27.5 Å². The minimum absolute atomic E-state index is 0.0665. The fourth-order valence-corrected chi connectivity index (χ4v) is 2.22. The molecule has 0 bridgehead atoms. The molecule has 0 amide bonds. The number of phenolic OH excluding ortho intramolecular Hbond substituents is 1. The van der Waals surface area contributed by atoms with E-state index in [2.05, 4.69) is 21.2 Å². The van der Waals surface area contributed by atoms with Gasteiger partial charge < -0.3 is 10.4 Å². The van der Waals surface area contributed by atoms with E-state index in [0.717, 1.165) is 16.2 Å². The Morgan fingerprint density at radius 3 is 2.63 bits per heavy atom. The van der Waals surface area contributed by atoms with E-state index in [0.29, 0.717) is 10.6 Å². The van der Waals surface area contributed by atoms with Crippen molar-refractivity contribution in [3.63, 3.8) is 0 Å². The van der Waals surface area contributed by atoms with Crippen molar-refractivity contribution in [3.8, 4) is 5.75 Å². The van der Waals surface area contributed by atoms with Crippen LogP contribution in [-0.4, -0.2) is 5.11 Å². The molecular formula is C14H12BrClFNO. The minimum Gasteiger partial charge on any atom is -0.507 e. The number of rotatable bonds is 3. The maximum Gasteiger partial charge on any atom is 0.126 e. The highest BCUT2D eigenvalue weighted by molar-refractivity contribution is 9.10. The Balaban J connectivity index is 2.20. The highest BCUT2D eigenvalue weighted by Crippen LogP contribution is 2.30. The number of hydrogen-bond donors (Lipinski definition) is 2. The number of aromatic hydroxyl groups is 1. The van der Waals surface area contributed by atoms with Gasteiger partial charge in [0.15, 0.2) is 0 Å². The van der Waals surface area contributed by atoms with E-state index >= 15 is 0 Å². The van der Waals surface area contributed by atoms with Crippen LogP contribution in [0.1, 0.15) is 18.5 Å². The second-order valence-corrected chi connectivity index (χ2v) is 5.46. The van der Waals surface area contributed by atoms with E-state index in [1.165, 1.54) is 6.07 Å². The maximum absolute atomic E-state index is 12.9. The van der Waals surface area contributed by atoms with Gasteiger partial charge in [0.25, 0.3) is 0 Å². The van der Waals surface area contributed by atoms with Crippen LogP contribution in [0.2, 0.25) is 5.02 Å². The van der Waals surface area contributed by atoms with Gasteiger partial charge in [0.2, 0.25) is 0 Å². The Kier molecular flexibility index (Phi) is 4.32. The number of halogens is 3. The summed E-state index contributed by atoms with van der Waals surface area (Å²) in [6.45, 7) is 1.88. The topological polar surface area (TPSA) is 32.3 Å². The predicted molar refractivity (Wildman–Crippen MR) is 79.3 cm³/mol. The molecule has 1 unspecified atom stereocenters. The van der Waals surface area contributed by atoms with Gasteiger partial charge in [-0.05, 0) is 47.1 Å². The molecule has 2 nitrogen and oxygen atoms in total. The van der Waals surface area contributed by atoms with Crippen LogP contribution in [0.15, 0.2) is 40.9 Å². The molecule has 0 radical (unpaired) electrons. The van der Waals surface area contributed by atoms with Crippen molar-refractivity contribution in [1.82, 2.24) is 0 Å². The Morgan fingerprint density at radius 1 is 1.26 bits per heavy atom. The van der Waals surface area contributed by atoms with Gasteiger partial charge in [-0.1, -0.05) is 17.7 Å². The summed E-state index contributed by atoms with van der Waals surface area (Å²) in [6, 6.07) is 9.29. The zero-order chi connectivity index (χ0) is 14.0. The van der Waals surface area contributed by atoms with Gasteiger partial charge in [0.05, 0.1) is 11.1 Å². The summed E-state index contributed by atoms with van der Waals surface area (Å²) in [5.41, 5.74) is 1.45. The summed E-state index contributed by atoms with van der Waals surface area (Å²) in [5.74, 6) is -0.525. The summed E-state index contributed by atoms with van der Waals surface area (Å²) in [4.78, 5) is 0. The third-order valence-corrected chi connectivity index (χ3v) is 3.99. The summed E-state index contributed by atoms with van der Waals surface area (Å²) in [6.07, 6.45) is 0. The molecule has 0 aliphatic rings. The molecule has 0 aliphatic heterocycles. The normalized spacial score (nSPS) is 12.2. The molecule has 2 aromatic carbocycles. The molecule has 0 aliphatic carbocycles. The lowest BCUT2D eigenvalue weighted by atomic mass is 10.1. The van der Waals surface area contributed by atoms with Gasteiger partial charge in [-0.2, -0.15) is 0 Å². The monoisotopic (exact) mass is 343 g/mol. The van der Waals surface area contributed by atoms with Crippen molar-refractivity contribution < 1.29 is 9.50 Å². The molecule has 0 saturated heterocycles.